The number of hydrogen-bond acceptors (Lipinski definition) is 5. The molecule has 0 saturated carbocycles. The number of likely N-dealkylation sites (tertiary alicyclic amines) is 1. The minimum Gasteiger partial charge on any atom is -0.347 e. The summed E-state index contributed by atoms with van der Waals surface area (Å²) in [6.45, 7) is 3.31. The van der Waals surface area contributed by atoms with E-state index in [-0.39, 0.29) is 11.9 Å². The molecule has 3 aromatic rings. The second-order valence-corrected chi connectivity index (χ2v) is 8.47. The Bertz CT molecular complexity index is 1080. The maximum Gasteiger partial charge on any atom is 0.225 e. The summed E-state index contributed by atoms with van der Waals surface area (Å²) in [7, 11) is 3.84. The Hall–Kier alpha value is -2.93. The normalized spacial score (nSPS) is 16.0. The second-order valence-electron chi connectivity index (χ2n) is 8.04. The van der Waals surface area contributed by atoms with Gasteiger partial charge in [-0.25, -0.2) is 15.0 Å². The molecule has 1 saturated heterocycles. The van der Waals surface area contributed by atoms with E-state index >= 15 is 0 Å². The van der Waals surface area contributed by atoms with Crippen LogP contribution in [0.3, 0.4) is 0 Å². The van der Waals surface area contributed by atoms with Crippen molar-refractivity contribution < 1.29 is 4.79 Å². The molecule has 162 valence electrons. The van der Waals surface area contributed by atoms with Crippen LogP contribution in [-0.2, 0) is 11.3 Å². The van der Waals surface area contributed by atoms with Gasteiger partial charge in [0.15, 0.2) is 0 Å². The van der Waals surface area contributed by atoms with Crippen molar-refractivity contribution in [1.82, 2.24) is 24.4 Å². The van der Waals surface area contributed by atoms with Crippen LogP contribution in [0.25, 0.3) is 11.1 Å². The van der Waals surface area contributed by atoms with Gasteiger partial charge in [-0.15, -0.1) is 0 Å². The van der Waals surface area contributed by atoms with Gasteiger partial charge in [-0.3, -0.25) is 4.79 Å². The first kappa shape index (κ1) is 21.3. The zero-order valence-electron chi connectivity index (χ0n) is 18.1. The van der Waals surface area contributed by atoms with Crippen molar-refractivity contribution in [3.8, 4) is 11.1 Å². The standard InChI is InChI=1S/C23H27ClN6O/c1-16-25-10-13-29(16)12-9-21(31)30-11-5-8-20(30)22-19(15-26-23(27-22)28(2)3)17-6-4-7-18(24)14-17/h4,6-7,10,13-15,20H,5,8-9,11-12H2,1-3H3. The number of amides is 1. The Kier molecular flexibility index (Phi) is 6.23. The molecule has 1 amide bonds. The molecule has 0 spiro atoms. The van der Waals surface area contributed by atoms with Crippen LogP contribution in [0.2, 0.25) is 5.02 Å². The van der Waals surface area contributed by atoms with Crippen molar-refractivity contribution in [3.05, 3.63) is 59.4 Å². The number of carbonyl (C=O) groups excluding carboxylic acids is 1. The molecule has 2 aromatic heterocycles. The van der Waals surface area contributed by atoms with Crippen LogP contribution in [0.5, 0.6) is 0 Å². The molecule has 0 radical (unpaired) electrons. The van der Waals surface area contributed by atoms with Gasteiger partial charge in [-0.1, -0.05) is 23.7 Å². The molecule has 31 heavy (non-hydrogen) atoms. The summed E-state index contributed by atoms with van der Waals surface area (Å²) in [4.78, 5) is 30.7. The van der Waals surface area contributed by atoms with Gasteiger partial charge >= 0.3 is 0 Å². The third-order valence-corrected chi connectivity index (χ3v) is 5.96. The quantitative estimate of drug-likeness (QED) is 0.579. The number of nitrogens with zero attached hydrogens (tertiary/aromatic N) is 6. The van der Waals surface area contributed by atoms with E-state index in [1.165, 1.54) is 0 Å². The molecule has 4 rings (SSSR count). The summed E-state index contributed by atoms with van der Waals surface area (Å²) < 4.78 is 2.01. The van der Waals surface area contributed by atoms with Gasteiger partial charge in [0.05, 0.1) is 11.7 Å². The molecule has 8 heteroatoms. The Morgan fingerprint density at radius 2 is 2.13 bits per heavy atom. The summed E-state index contributed by atoms with van der Waals surface area (Å²) in [6.07, 6.45) is 7.80. The van der Waals surface area contributed by atoms with Crippen molar-refractivity contribution in [2.45, 2.75) is 38.8 Å². The molecular weight excluding hydrogens is 412 g/mol. The predicted molar refractivity (Wildman–Crippen MR) is 122 cm³/mol. The van der Waals surface area contributed by atoms with E-state index in [9.17, 15) is 4.79 Å². The van der Waals surface area contributed by atoms with Crippen molar-refractivity contribution in [2.24, 2.45) is 0 Å². The molecule has 1 aromatic carbocycles. The predicted octanol–water partition coefficient (Wildman–Crippen LogP) is 4.12. The van der Waals surface area contributed by atoms with Gasteiger partial charge in [0.1, 0.15) is 5.82 Å². The molecule has 3 heterocycles. The highest BCUT2D eigenvalue weighted by Gasteiger charge is 2.33. The number of carbonyl (C=O) groups is 1. The number of imidazole rings is 1. The highest BCUT2D eigenvalue weighted by Crippen LogP contribution is 2.38. The van der Waals surface area contributed by atoms with Crippen LogP contribution in [0.1, 0.15) is 36.8 Å². The van der Waals surface area contributed by atoms with Crippen LogP contribution in [0.4, 0.5) is 5.95 Å². The highest BCUT2D eigenvalue weighted by atomic mass is 35.5. The van der Waals surface area contributed by atoms with Crippen LogP contribution >= 0.6 is 11.6 Å². The van der Waals surface area contributed by atoms with Crippen LogP contribution in [0, 0.1) is 6.92 Å². The molecule has 1 aliphatic heterocycles. The maximum absolute atomic E-state index is 13.2. The summed E-state index contributed by atoms with van der Waals surface area (Å²) in [5.41, 5.74) is 2.76. The van der Waals surface area contributed by atoms with Crippen molar-refractivity contribution >= 4 is 23.5 Å². The first-order valence-corrected chi connectivity index (χ1v) is 10.9. The third-order valence-electron chi connectivity index (χ3n) is 5.72. The van der Waals surface area contributed by atoms with E-state index in [0.29, 0.717) is 23.9 Å². The number of aromatic nitrogens is 4. The maximum atomic E-state index is 13.2. The molecule has 7 nitrogen and oxygen atoms in total. The monoisotopic (exact) mass is 438 g/mol. The lowest BCUT2D eigenvalue weighted by Crippen LogP contribution is -2.32. The van der Waals surface area contributed by atoms with E-state index in [2.05, 4.69) is 9.97 Å². The Labute approximate surface area is 187 Å². The average molecular weight is 439 g/mol. The first-order chi connectivity index (χ1) is 14.9. The number of aryl methyl sites for hydroxylation is 2. The number of hydrogen-bond donors (Lipinski definition) is 0. The smallest absolute Gasteiger partial charge is 0.225 e. The Balaban J connectivity index is 1.65. The molecular formula is C23H27ClN6O. The third kappa shape index (κ3) is 4.56. The molecule has 1 unspecified atom stereocenters. The van der Waals surface area contributed by atoms with Gasteiger partial charge in [-0.05, 0) is 37.5 Å². The van der Waals surface area contributed by atoms with Crippen LogP contribution in [-0.4, -0.2) is 51.0 Å². The van der Waals surface area contributed by atoms with Crippen LogP contribution < -0.4 is 4.90 Å². The lowest BCUT2D eigenvalue weighted by atomic mass is 9.99. The Morgan fingerprint density at radius 1 is 1.29 bits per heavy atom. The zero-order chi connectivity index (χ0) is 22.0. The van der Waals surface area contributed by atoms with Crippen molar-refractivity contribution in [1.29, 1.82) is 0 Å². The number of rotatable bonds is 6. The lowest BCUT2D eigenvalue weighted by molar-refractivity contribution is -0.132. The molecule has 1 aliphatic rings. The largest absolute Gasteiger partial charge is 0.347 e. The minimum absolute atomic E-state index is 0.0768. The Morgan fingerprint density at radius 3 is 2.84 bits per heavy atom. The van der Waals surface area contributed by atoms with Crippen LogP contribution in [0.15, 0.2) is 42.9 Å². The van der Waals surface area contributed by atoms with Crippen molar-refractivity contribution in [3.63, 3.8) is 0 Å². The molecule has 0 aliphatic carbocycles. The topological polar surface area (TPSA) is 67.2 Å². The highest BCUT2D eigenvalue weighted by molar-refractivity contribution is 6.30. The molecule has 0 N–H and O–H groups in total. The number of anilines is 1. The lowest BCUT2D eigenvalue weighted by Gasteiger charge is -2.27. The fourth-order valence-electron chi connectivity index (χ4n) is 4.08. The number of benzene rings is 1. The number of halogens is 1. The summed E-state index contributed by atoms with van der Waals surface area (Å²) in [6, 6.07) is 7.62. The van der Waals surface area contributed by atoms with E-state index in [1.807, 2.05) is 72.0 Å². The molecule has 1 atom stereocenters. The summed E-state index contributed by atoms with van der Waals surface area (Å²) in [5, 5.41) is 0.662. The first-order valence-electron chi connectivity index (χ1n) is 10.5. The SMILES string of the molecule is Cc1nccn1CCC(=O)N1CCCC1c1nc(N(C)C)ncc1-c1cccc(Cl)c1. The molecule has 0 bridgehead atoms. The van der Waals surface area contributed by atoms with Gasteiger partial charge in [0.25, 0.3) is 0 Å². The summed E-state index contributed by atoms with van der Waals surface area (Å²) >= 11 is 6.25. The summed E-state index contributed by atoms with van der Waals surface area (Å²) in [5.74, 6) is 1.69. The van der Waals surface area contributed by atoms with Crippen molar-refractivity contribution in [2.75, 3.05) is 25.5 Å². The zero-order valence-corrected chi connectivity index (χ0v) is 18.9. The van der Waals surface area contributed by atoms with E-state index in [1.54, 1.807) is 6.20 Å². The second kappa shape index (κ2) is 9.06. The minimum atomic E-state index is -0.0768. The van der Waals surface area contributed by atoms with E-state index in [4.69, 9.17) is 16.6 Å². The van der Waals surface area contributed by atoms with E-state index in [0.717, 1.165) is 42.0 Å². The van der Waals surface area contributed by atoms with Gasteiger partial charge in [0, 0.05) is 62.8 Å². The average Bonchev–Trinajstić information content (AvgIpc) is 3.40. The molecule has 1 fully saturated rings. The van der Waals surface area contributed by atoms with E-state index < -0.39 is 0 Å². The van der Waals surface area contributed by atoms with Gasteiger partial charge in [0.2, 0.25) is 11.9 Å². The van der Waals surface area contributed by atoms with Gasteiger partial charge in [-0.2, -0.15) is 0 Å². The fourth-order valence-corrected chi connectivity index (χ4v) is 4.27. The fraction of sp³-hybridized carbons (Fsp3) is 0.391. The van der Waals surface area contributed by atoms with Gasteiger partial charge < -0.3 is 14.4 Å².